The summed E-state index contributed by atoms with van der Waals surface area (Å²) in [6.45, 7) is -0.250. The van der Waals surface area contributed by atoms with Gasteiger partial charge < -0.3 is 14.4 Å². The normalized spacial score (nSPS) is 34.8. The molecule has 3 unspecified atom stereocenters. The molecule has 0 saturated heterocycles. The van der Waals surface area contributed by atoms with E-state index < -0.39 is 57.9 Å². The van der Waals surface area contributed by atoms with E-state index in [1.54, 1.807) is 0 Å². The van der Waals surface area contributed by atoms with Gasteiger partial charge >= 0.3 is 23.1 Å². The summed E-state index contributed by atoms with van der Waals surface area (Å²) >= 11 is -3.99. The minimum atomic E-state index is -5.05. The van der Waals surface area contributed by atoms with Gasteiger partial charge in [-0.15, -0.1) is 0 Å². The maximum atomic E-state index is 13.4. The van der Waals surface area contributed by atoms with E-state index in [9.17, 15) is 36.5 Å². The molecule has 166 valence electrons. The molecule has 0 heterocycles. The number of carbonyl (C=O) groups is 2. The first-order chi connectivity index (χ1) is 13.3. The number of alkyl halides is 4. The van der Waals surface area contributed by atoms with Crippen molar-refractivity contribution in [3.05, 3.63) is 0 Å². The maximum absolute atomic E-state index is 13.4. The zero-order valence-electron chi connectivity index (χ0n) is 15.7. The number of carboxylic acid groups (broad SMARTS) is 1. The smallest absolute Gasteiger partial charge is 0.406 e. The molecule has 29 heavy (non-hydrogen) atoms. The van der Waals surface area contributed by atoms with Gasteiger partial charge in [0, 0.05) is 6.42 Å². The van der Waals surface area contributed by atoms with Crippen LogP contribution in [0, 0.1) is 22.7 Å². The van der Waals surface area contributed by atoms with Crippen molar-refractivity contribution >= 4 is 23.0 Å². The standard InChI is InChI=1S/C18H24F4O6S/c19-17(20,18(21,22)29(26)27)3-1-2-4-28-14(25)16-8-11-5-12(9-16)7-15(6-11,10-16)13(23)24/h11-12H,1-10H2,(H,23,24)(H,26,27). The minimum Gasteiger partial charge on any atom is -0.481 e. The summed E-state index contributed by atoms with van der Waals surface area (Å²) in [5.41, 5.74) is -1.77. The molecule has 4 rings (SSSR count). The number of hydrogen-bond donors (Lipinski definition) is 2. The first-order valence-electron chi connectivity index (χ1n) is 9.61. The van der Waals surface area contributed by atoms with Crippen molar-refractivity contribution in [2.45, 2.75) is 69.0 Å². The summed E-state index contributed by atoms with van der Waals surface area (Å²) in [7, 11) is 0. The Morgan fingerprint density at radius 1 is 1.03 bits per heavy atom. The summed E-state index contributed by atoms with van der Waals surface area (Å²) in [5, 5.41) is 4.63. The molecule has 4 saturated carbocycles. The van der Waals surface area contributed by atoms with E-state index in [1.165, 1.54) is 0 Å². The molecule has 3 atom stereocenters. The van der Waals surface area contributed by atoms with Crippen LogP contribution in [0.25, 0.3) is 0 Å². The molecule has 6 nitrogen and oxygen atoms in total. The minimum absolute atomic E-state index is 0.109. The van der Waals surface area contributed by atoms with Crippen molar-refractivity contribution in [2.24, 2.45) is 22.7 Å². The van der Waals surface area contributed by atoms with E-state index >= 15 is 0 Å². The predicted octanol–water partition coefficient (Wildman–Crippen LogP) is 3.82. The quantitative estimate of drug-likeness (QED) is 0.243. The Morgan fingerprint density at radius 2 is 1.59 bits per heavy atom. The maximum Gasteiger partial charge on any atom is 0.406 e. The van der Waals surface area contributed by atoms with E-state index in [-0.39, 0.29) is 31.3 Å². The van der Waals surface area contributed by atoms with Crippen LogP contribution in [0.4, 0.5) is 17.6 Å². The third-order valence-corrected chi connectivity index (χ3v) is 7.45. The SMILES string of the molecule is O=C(O)C12CC3CC(C1)CC(C(=O)OCCCCC(F)(F)C(F)(F)S(=O)O)(C3)C2. The molecule has 0 aromatic carbocycles. The van der Waals surface area contributed by atoms with Crippen molar-refractivity contribution in [2.75, 3.05) is 6.61 Å². The van der Waals surface area contributed by atoms with Crippen molar-refractivity contribution in [3.8, 4) is 0 Å². The van der Waals surface area contributed by atoms with Crippen molar-refractivity contribution < 1.29 is 45.8 Å². The highest BCUT2D eigenvalue weighted by molar-refractivity contribution is 7.80. The third kappa shape index (κ3) is 3.92. The molecule has 0 radical (unpaired) electrons. The summed E-state index contributed by atoms with van der Waals surface area (Å²) in [6.07, 6.45) is 1.50. The Morgan fingerprint density at radius 3 is 2.10 bits per heavy atom. The number of rotatable bonds is 9. The summed E-state index contributed by atoms with van der Waals surface area (Å²) < 4.78 is 76.8. The highest BCUT2D eigenvalue weighted by atomic mass is 32.2. The Labute approximate surface area is 167 Å². The predicted molar refractivity (Wildman–Crippen MR) is 92.7 cm³/mol. The van der Waals surface area contributed by atoms with E-state index in [0.29, 0.717) is 25.7 Å². The van der Waals surface area contributed by atoms with Crippen LogP contribution in [0.2, 0.25) is 0 Å². The van der Waals surface area contributed by atoms with Gasteiger partial charge in [0.1, 0.15) is 0 Å². The van der Waals surface area contributed by atoms with Gasteiger partial charge in [0.2, 0.25) is 11.1 Å². The Hall–Kier alpha value is -1.23. The molecule has 0 aromatic heterocycles. The van der Waals surface area contributed by atoms with Crippen LogP contribution in [0.3, 0.4) is 0 Å². The van der Waals surface area contributed by atoms with Gasteiger partial charge in [-0.05, 0) is 63.2 Å². The fraction of sp³-hybridized carbons (Fsp3) is 0.889. The van der Waals surface area contributed by atoms with Gasteiger partial charge in [-0.3, -0.25) is 9.59 Å². The van der Waals surface area contributed by atoms with Gasteiger partial charge in [0.15, 0.2) is 0 Å². The van der Waals surface area contributed by atoms with Gasteiger partial charge in [-0.2, -0.15) is 17.6 Å². The van der Waals surface area contributed by atoms with E-state index in [2.05, 4.69) is 0 Å². The molecule has 4 bridgehead atoms. The second-order valence-corrected chi connectivity index (χ2v) is 9.90. The molecule has 11 heteroatoms. The number of aliphatic carboxylic acids is 1. The monoisotopic (exact) mass is 444 g/mol. The highest BCUT2D eigenvalue weighted by Gasteiger charge is 2.64. The fourth-order valence-corrected chi connectivity index (χ4v) is 6.15. The van der Waals surface area contributed by atoms with Crippen molar-refractivity contribution in [3.63, 3.8) is 0 Å². The molecular formula is C18H24F4O6S. The summed E-state index contributed by atoms with van der Waals surface area (Å²) in [6, 6.07) is 0. The lowest BCUT2D eigenvalue weighted by Gasteiger charge is -2.59. The number of carbonyl (C=O) groups excluding carboxylic acids is 1. The van der Waals surface area contributed by atoms with Gasteiger partial charge in [-0.25, -0.2) is 4.21 Å². The molecule has 0 spiro atoms. The Bertz CT molecular complexity index is 698. The molecule has 2 N–H and O–H groups in total. The van der Waals surface area contributed by atoms with Crippen molar-refractivity contribution in [1.29, 1.82) is 0 Å². The van der Waals surface area contributed by atoms with Crippen LogP contribution in [0.5, 0.6) is 0 Å². The van der Waals surface area contributed by atoms with Crippen LogP contribution in [0.1, 0.15) is 57.8 Å². The lowest BCUT2D eigenvalue weighted by molar-refractivity contribution is -0.191. The molecule has 0 amide bonds. The van der Waals surface area contributed by atoms with Crippen LogP contribution in [-0.2, 0) is 25.4 Å². The first kappa shape index (κ1) is 22.5. The molecule has 0 aromatic rings. The van der Waals surface area contributed by atoms with E-state index in [0.717, 1.165) is 6.42 Å². The zero-order valence-corrected chi connectivity index (χ0v) is 16.5. The Kier molecular flexibility index (Phi) is 5.79. The molecular weight excluding hydrogens is 420 g/mol. The molecule has 0 aliphatic heterocycles. The summed E-state index contributed by atoms with van der Waals surface area (Å²) in [5.74, 6) is -5.77. The number of unbranched alkanes of at least 4 members (excludes halogenated alkanes) is 1. The average molecular weight is 444 g/mol. The van der Waals surface area contributed by atoms with Gasteiger partial charge in [-0.1, -0.05) is 0 Å². The average Bonchev–Trinajstić information content (AvgIpc) is 2.59. The van der Waals surface area contributed by atoms with Crippen LogP contribution in [-0.4, -0.2) is 43.6 Å². The third-order valence-electron chi connectivity index (χ3n) is 6.71. The number of halogens is 4. The van der Waals surface area contributed by atoms with Crippen LogP contribution in [0.15, 0.2) is 0 Å². The van der Waals surface area contributed by atoms with E-state index in [1.807, 2.05) is 0 Å². The second-order valence-electron chi connectivity index (χ2n) is 8.89. The largest absolute Gasteiger partial charge is 0.481 e. The van der Waals surface area contributed by atoms with Gasteiger partial charge in [0.05, 0.1) is 17.4 Å². The first-order valence-corrected chi connectivity index (χ1v) is 10.7. The topological polar surface area (TPSA) is 101 Å². The number of hydrogen-bond acceptors (Lipinski definition) is 4. The number of carboxylic acids is 1. The van der Waals surface area contributed by atoms with Gasteiger partial charge in [0.25, 0.3) is 0 Å². The molecule has 4 fully saturated rings. The fourth-order valence-electron chi connectivity index (χ4n) is 5.79. The zero-order chi connectivity index (χ0) is 21.7. The second kappa shape index (κ2) is 7.47. The highest BCUT2D eigenvalue weighted by Crippen LogP contribution is 2.65. The van der Waals surface area contributed by atoms with Crippen LogP contribution >= 0.6 is 0 Å². The number of ether oxygens (including phenoxy) is 1. The summed E-state index contributed by atoms with van der Waals surface area (Å²) in [4.78, 5) is 24.5. The lowest BCUT2D eigenvalue weighted by atomic mass is 9.44. The lowest BCUT2D eigenvalue weighted by Crippen LogP contribution is -2.57. The Balaban J connectivity index is 1.52. The van der Waals surface area contributed by atoms with E-state index in [4.69, 9.17) is 9.29 Å². The van der Waals surface area contributed by atoms with Crippen molar-refractivity contribution in [1.82, 2.24) is 0 Å². The number of esters is 1. The molecule has 4 aliphatic rings. The molecule has 4 aliphatic carbocycles. The van der Waals surface area contributed by atoms with Crippen LogP contribution < -0.4 is 0 Å².